The zero-order valence-corrected chi connectivity index (χ0v) is 19.2. The number of imide groups is 1. The molecular formula is C24H27F3N4O3. The van der Waals surface area contributed by atoms with Gasteiger partial charge in [0.05, 0.1) is 22.9 Å². The first kappa shape index (κ1) is 25.4. The molecule has 2 aliphatic heterocycles. The van der Waals surface area contributed by atoms with Gasteiger partial charge >= 0.3 is 6.18 Å². The molecule has 3 amide bonds. The lowest BCUT2D eigenvalue weighted by atomic mass is 10.0. The molecule has 182 valence electrons. The highest BCUT2D eigenvalue weighted by molar-refractivity contribution is 6.32. The summed E-state index contributed by atoms with van der Waals surface area (Å²) in [6, 6.07) is 4.33. The van der Waals surface area contributed by atoms with E-state index in [-0.39, 0.29) is 17.2 Å². The first-order chi connectivity index (χ1) is 16.0. The second kappa shape index (κ2) is 10.4. The zero-order chi connectivity index (χ0) is 25.0. The van der Waals surface area contributed by atoms with Gasteiger partial charge in [-0.3, -0.25) is 19.3 Å². The Balaban J connectivity index is 1.56. The predicted octanol–water partition coefficient (Wildman–Crippen LogP) is 3.49. The number of nitriles is 1. The number of piperazine rings is 1. The molecule has 0 spiro atoms. The van der Waals surface area contributed by atoms with Gasteiger partial charge in [0, 0.05) is 44.2 Å². The van der Waals surface area contributed by atoms with Crippen molar-refractivity contribution in [3.8, 4) is 6.07 Å². The largest absolute Gasteiger partial charge is 0.417 e. The summed E-state index contributed by atoms with van der Waals surface area (Å²) in [5, 5.41) is 8.96. The molecule has 0 aromatic heterocycles. The maximum absolute atomic E-state index is 13.3. The minimum absolute atomic E-state index is 0.0868. The molecule has 2 heterocycles. The van der Waals surface area contributed by atoms with Crippen molar-refractivity contribution >= 4 is 23.4 Å². The van der Waals surface area contributed by atoms with Gasteiger partial charge < -0.3 is 4.90 Å². The van der Waals surface area contributed by atoms with Crippen LogP contribution in [0.1, 0.15) is 50.7 Å². The van der Waals surface area contributed by atoms with Gasteiger partial charge in [0.25, 0.3) is 11.8 Å². The highest BCUT2D eigenvalue weighted by Gasteiger charge is 2.39. The summed E-state index contributed by atoms with van der Waals surface area (Å²) in [5.74, 6) is -1.16. The molecule has 0 bridgehead atoms. The smallest absolute Gasteiger partial charge is 0.340 e. The van der Waals surface area contributed by atoms with E-state index < -0.39 is 29.1 Å². The summed E-state index contributed by atoms with van der Waals surface area (Å²) in [5.41, 5.74) is -1.38. The van der Waals surface area contributed by atoms with E-state index >= 15 is 0 Å². The van der Waals surface area contributed by atoms with Crippen LogP contribution in [-0.2, 0) is 20.6 Å². The van der Waals surface area contributed by atoms with Crippen molar-refractivity contribution in [2.75, 3.05) is 37.6 Å². The number of nitrogens with zero attached hydrogens (tertiary/aromatic N) is 4. The number of unbranched alkanes of at least 4 members (excludes halogenated alkanes) is 2. The van der Waals surface area contributed by atoms with Crippen molar-refractivity contribution in [2.24, 2.45) is 0 Å². The Morgan fingerprint density at radius 1 is 1.06 bits per heavy atom. The standard InChI is InChI=1S/C24H27F3N4O3/c1-16-20(6-4-3-5-9-29-10-12-30(13-11-29)17(2)32)23(34)31(22(16)33)19-8-7-18(15-28)21(14-19)24(25,26)27/h7-8,14H,3-6,9-13H2,1-2H3. The highest BCUT2D eigenvalue weighted by Crippen LogP contribution is 2.36. The van der Waals surface area contributed by atoms with E-state index in [1.54, 1.807) is 6.92 Å². The molecule has 7 nitrogen and oxygen atoms in total. The third-order valence-electron chi connectivity index (χ3n) is 6.34. The first-order valence-corrected chi connectivity index (χ1v) is 11.2. The minimum atomic E-state index is -4.78. The van der Waals surface area contributed by atoms with Crippen LogP contribution in [-0.4, -0.2) is 60.2 Å². The lowest BCUT2D eigenvalue weighted by molar-refractivity contribution is -0.138. The number of hydrogen-bond donors (Lipinski definition) is 0. The van der Waals surface area contributed by atoms with Gasteiger partial charge in [-0.05, 0) is 50.9 Å². The number of carbonyl (C=O) groups excluding carboxylic acids is 3. The molecule has 10 heteroatoms. The number of amides is 3. The second-order valence-corrected chi connectivity index (χ2v) is 8.55. The second-order valence-electron chi connectivity index (χ2n) is 8.55. The Morgan fingerprint density at radius 2 is 1.74 bits per heavy atom. The number of benzene rings is 1. The summed E-state index contributed by atoms with van der Waals surface area (Å²) >= 11 is 0. The Morgan fingerprint density at radius 3 is 2.32 bits per heavy atom. The number of halogens is 3. The molecule has 3 rings (SSSR count). The molecule has 0 unspecified atom stereocenters. The van der Waals surface area contributed by atoms with Gasteiger partial charge in [-0.15, -0.1) is 0 Å². The maximum atomic E-state index is 13.3. The van der Waals surface area contributed by atoms with Crippen molar-refractivity contribution in [1.82, 2.24) is 9.80 Å². The van der Waals surface area contributed by atoms with Crippen molar-refractivity contribution in [1.29, 1.82) is 5.26 Å². The molecule has 1 saturated heterocycles. The number of hydrogen-bond acceptors (Lipinski definition) is 5. The molecule has 1 aromatic rings. The van der Waals surface area contributed by atoms with E-state index in [1.807, 2.05) is 4.90 Å². The third kappa shape index (κ3) is 5.47. The van der Waals surface area contributed by atoms with Gasteiger partial charge in [-0.25, -0.2) is 4.90 Å². The van der Waals surface area contributed by atoms with Gasteiger partial charge in [0.15, 0.2) is 0 Å². The van der Waals surface area contributed by atoms with E-state index in [4.69, 9.17) is 5.26 Å². The van der Waals surface area contributed by atoms with Crippen molar-refractivity contribution < 1.29 is 27.6 Å². The Bertz CT molecular complexity index is 1050. The monoisotopic (exact) mass is 476 g/mol. The van der Waals surface area contributed by atoms with E-state index in [2.05, 4.69) is 4.90 Å². The van der Waals surface area contributed by atoms with Gasteiger partial charge in [-0.2, -0.15) is 18.4 Å². The van der Waals surface area contributed by atoms with Crippen LogP contribution in [0.3, 0.4) is 0 Å². The van der Waals surface area contributed by atoms with Crippen LogP contribution in [0.25, 0.3) is 0 Å². The normalized spacial score (nSPS) is 17.5. The van der Waals surface area contributed by atoms with E-state index in [0.717, 1.165) is 56.5 Å². The molecule has 1 aromatic carbocycles. The Hall–Kier alpha value is -3.19. The molecule has 0 aliphatic carbocycles. The SMILES string of the molecule is CC(=O)N1CCN(CCCCCC2=C(C)C(=O)N(c3ccc(C#N)c(C(F)(F)F)c3)C2=O)CC1. The number of rotatable bonds is 7. The van der Waals surface area contributed by atoms with E-state index in [1.165, 1.54) is 19.1 Å². The van der Waals surface area contributed by atoms with Crippen LogP contribution in [0, 0.1) is 11.3 Å². The fourth-order valence-corrected chi connectivity index (χ4v) is 4.32. The topological polar surface area (TPSA) is 84.7 Å². The molecule has 34 heavy (non-hydrogen) atoms. The molecule has 2 aliphatic rings. The highest BCUT2D eigenvalue weighted by atomic mass is 19.4. The van der Waals surface area contributed by atoms with Crippen molar-refractivity contribution in [2.45, 2.75) is 45.7 Å². The lowest BCUT2D eigenvalue weighted by Crippen LogP contribution is -2.48. The van der Waals surface area contributed by atoms with Gasteiger partial charge in [0.2, 0.25) is 5.91 Å². The molecule has 0 saturated carbocycles. The third-order valence-corrected chi connectivity index (χ3v) is 6.34. The Labute approximate surface area is 196 Å². The molecular weight excluding hydrogens is 449 g/mol. The van der Waals surface area contributed by atoms with Crippen molar-refractivity contribution in [3.05, 3.63) is 40.5 Å². The molecule has 0 radical (unpaired) electrons. The van der Waals surface area contributed by atoms with E-state index in [0.29, 0.717) is 24.5 Å². The number of carbonyl (C=O) groups is 3. The summed E-state index contributed by atoms with van der Waals surface area (Å²) < 4.78 is 39.9. The predicted molar refractivity (Wildman–Crippen MR) is 119 cm³/mol. The van der Waals surface area contributed by atoms with Crippen LogP contribution in [0.5, 0.6) is 0 Å². The number of anilines is 1. The number of alkyl halides is 3. The Kier molecular flexibility index (Phi) is 7.77. The lowest BCUT2D eigenvalue weighted by Gasteiger charge is -2.34. The van der Waals surface area contributed by atoms with Crippen LogP contribution >= 0.6 is 0 Å². The summed E-state index contributed by atoms with van der Waals surface area (Å²) in [6.07, 6.45) is -2.00. The minimum Gasteiger partial charge on any atom is -0.340 e. The van der Waals surface area contributed by atoms with E-state index in [9.17, 15) is 27.6 Å². The fourth-order valence-electron chi connectivity index (χ4n) is 4.32. The average Bonchev–Trinajstić information content (AvgIpc) is 3.01. The van der Waals surface area contributed by atoms with Gasteiger partial charge in [0.1, 0.15) is 0 Å². The average molecular weight is 476 g/mol. The fraction of sp³-hybridized carbons (Fsp3) is 0.500. The van der Waals surface area contributed by atoms with Crippen LogP contribution in [0.15, 0.2) is 29.3 Å². The van der Waals surface area contributed by atoms with Gasteiger partial charge in [-0.1, -0.05) is 6.42 Å². The quantitative estimate of drug-likeness (QED) is 0.444. The summed E-state index contributed by atoms with van der Waals surface area (Å²) in [6.45, 7) is 7.07. The molecule has 1 fully saturated rings. The molecule has 0 N–H and O–H groups in total. The zero-order valence-electron chi connectivity index (χ0n) is 19.2. The van der Waals surface area contributed by atoms with Crippen LogP contribution in [0.2, 0.25) is 0 Å². The maximum Gasteiger partial charge on any atom is 0.417 e. The van der Waals surface area contributed by atoms with Crippen LogP contribution < -0.4 is 4.90 Å². The summed E-state index contributed by atoms with van der Waals surface area (Å²) in [4.78, 5) is 41.8. The van der Waals surface area contributed by atoms with Crippen LogP contribution in [0.4, 0.5) is 18.9 Å². The summed E-state index contributed by atoms with van der Waals surface area (Å²) in [7, 11) is 0. The molecule has 0 atom stereocenters. The first-order valence-electron chi connectivity index (χ1n) is 11.2. The van der Waals surface area contributed by atoms with Crippen molar-refractivity contribution in [3.63, 3.8) is 0 Å².